The second-order valence-corrected chi connectivity index (χ2v) is 6.68. The largest absolute Gasteiger partial charge is 0.491 e. The Labute approximate surface area is 158 Å². The van der Waals surface area contributed by atoms with Crippen LogP contribution in [0.25, 0.3) is 0 Å². The molecule has 2 rings (SSSR count). The summed E-state index contributed by atoms with van der Waals surface area (Å²) in [5.41, 5.74) is 1.57. The smallest absolute Gasteiger partial charge is 0.338 e. The zero-order valence-electron chi connectivity index (χ0n) is 15.5. The average molecular weight is 381 g/mol. The molecule has 6 nitrogen and oxygen atoms in total. The van der Waals surface area contributed by atoms with Gasteiger partial charge in [-0.25, -0.2) is 9.59 Å². The van der Waals surface area contributed by atoms with E-state index in [4.69, 9.17) is 21.1 Å². The number of rotatable bonds is 7. The topological polar surface area (TPSA) is 76.7 Å². The number of hydrogen-bond acceptors (Lipinski definition) is 4. The molecule has 1 heterocycles. The molecule has 0 radical (unpaired) electrons. The van der Waals surface area contributed by atoms with Crippen molar-refractivity contribution in [1.29, 1.82) is 0 Å². The van der Waals surface area contributed by atoms with Crippen LogP contribution < -0.4 is 15.4 Å². The molecule has 1 unspecified atom stereocenters. The van der Waals surface area contributed by atoms with E-state index >= 15 is 0 Å². The molecule has 142 valence electrons. The third-order valence-electron chi connectivity index (χ3n) is 3.79. The number of ether oxygens (including phenoxy) is 2. The highest BCUT2D eigenvalue weighted by Crippen LogP contribution is 2.36. The quantitative estimate of drug-likeness (QED) is 0.698. The van der Waals surface area contributed by atoms with Crippen molar-refractivity contribution in [3.8, 4) is 5.75 Å². The first kappa shape index (κ1) is 20.1. The van der Waals surface area contributed by atoms with Crippen molar-refractivity contribution in [2.24, 2.45) is 0 Å². The lowest BCUT2D eigenvalue weighted by Crippen LogP contribution is -2.46. The number of hydrogen-bond donors (Lipinski definition) is 2. The summed E-state index contributed by atoms with van der Waals surface area (Å²) in [5.74, 6) is 0.0955. The van der Waals surface area contributed by atoms with E-state index < -0.39 is 12.0 Å². The number of esters is 1. The predicted molar refractivity (Wildman–Crippen MR) is 100 cm³/mol. The molecule has 0 saturated carbocycles. The Morgan fingerprint density at radius 2 is 2.04 bits per heavy atom. The zero-order valence-corrected chi connectivity index (χ0v) is 16.3. The molecule has 1 aliphatic heterocycles. The molecule has 1 aromatic rings. The molecule has 26 heavy (non-hydrogen) atoms. The number of benzene rings is 1. The van der Waals surface area contributed by atoms with Gasteiger partial charge in [-0.05, 0) is 45.4 Å². The van der Waals surface area contributed by atoms with Crippen LogP contribution in [-0.4, -0.2) is 24.7 Å². The summed E-state index contributed by atoms with van der Waals surface area (Å²) in [6.07, 6.45) is 1.26. The maximum Gasteiger partial charge on any atom is 0.338 e. The lowest BCUT2D eigenvalue weighted by atomic mass is 9.93. The normalized spacial score (nSPS) is 17.0. The van der Waals surface area contributed by atoms with Crippen molar-refractivity contribution in [3.63, 3.8) is 0 Å². The molecule has 1 atom stereocenters. The molecule has 1 aromatic carbocycles. The fraction of sp³-hybridized carbons (Fsp3) is 0.474. The van der Waals surface area contributed by atoms with E-state index in [1.54, 1.807) is 25.1 Å². The van der Waals surface area contributed by atoms with Gasteiger partial charge in [0.2, 0.25) is 0 Å². The van der Waals surface area contributed by atoms with Crippen LogP contribution in [0.5, 0.6) is 5.75 Å². The highest BCUT2D eigenvalue weighted by atomic mass is 35.5. The summed E-state index contributed by atoms with van der Waals surface area (Å²) < 4.78 is 11.1. The van der Waals surface area contributed by atoms with Gasteiger partial charge in [-0.15, -0.1) is 0 Å². The zero-order chi connectivity index (χ0) is 19.3. The van der Waals surface area contributed by atoms with Crippen molar-refractivity contribution < 1.29 is 19.1 Å². The number of halogens is 1. The Morgan fingerprint density at radius 3 is 2.65 bits per heavy atom. The van der Waals surface area contributed by atoms with Crippen LogP contribution in [0, 0.1) is 0 Å². The van der Waals surface area contributed by atoms with E-state index in [2.05, 4.69) is 10.6 Å². The van der Waals surface area contributed by atoms with Gasteiger partial charge in [0.25, 0.3) is 0 Å². The van der Waals surface area contributed by atoms with Gasteiger partial charge in [0, 0.05) is 16.3 Å². The fourth-order valence-corrected chi connectivity index (χ4v) is 3.03. The summed E-state index contributed by atoms with van der Waals surface area (Å²) in [7, 11) is 0. The van der Waals surface area contributed by atoms with E-state index in [0.29, 0.717) is 34.0 Å². The third kappa shape index (κ3) is 4.69. The van der Waals surface area contributed by atoms with Crippen LogP contribution in [0.3, 0.4) is 0 Å². The van der Waals surface area contributed by atoms with Crippen LogP contribution in [0.1, 0.15) is 52.1 Å². The molecule has 0 saturated heterocycles. The van der Waals surface area contributed by atoms with E-state index in [-0.39, 0.29) is 18.7 Å². The first-order valence-electron chi connectivity index (χ1n) is 8.81. The SMILES string of the molecule is CCCC1=C(C(=O)OCC)C(c2cc(Cl)ccc2OC(C)C)NC(=O)N1. The summed E-state index contributed by atoms with van der Waals surface area (Å²) in [6, 6.07) is 4.09. The van der Waals surface area contributed by atoms with Crippen molar-refractivity contribution in [2.45, 2.75) is 52.7 Å². The van der Waals surface area contributed by atoms with Crippen molar-refractivity contribution in [3.05, 3.63) is 40.1 Å². The number of nitrogens with one attached hydrogen (secondary N) is 2. The molecule has 1 aliphatic rings. The van der Waals surface area contributed by atoms with Crippen molar-refractivity contribution in [1.82, 2.24) is 10.6 Å². The number of amides is 2. The fourth-order valence-electron chi connectivity index (χ4n) is 2.85. The molecule has 2 N–H and O–H groups in total. The summed E-state index contributed by atoms with van der Waals surface area (Å²) in [6.45, 7) is 7.78. The van der Waals surface area contributed by atoms with Gasteiger partial charge in [0.1, 0.15) is 5.75 Å². The van der Waals surface area contributed by atoms with Gasteiger partial charge in [-0.1, -0.05) is 24.9 Å². The van der Waals surface area contributed by atoms with Crippen LogP contribution in [-0.2, 0) is 9.53 Å². The predicted octanol–water partition coefficient (Wildman–Crippen LogP) is 4.10. The Balaban J connectivity index is 2.60. The van der Waals surface area contributed by atoms with Crippen molar-refractivity contribution >= 4 is 23.6 Å². The Kier molecular flexibility index (Phi) is 6.91. The van der Waals surface area contributed by atoms with Crippen LogP contribution in [0.2, 0.25) is 5.02 Å². The molecule has 0 spiro atoms. The summed E-state index contributed by atoms with van der Waals surface area (Å²) in [4.78, 5) is 24.8. The lowest BCUT2D eigenvalue weighted by Gasteiger charge is -2.30. The monoisotopic (exact) mass is 380 g/mol. The molecule has 2 amide bonds. The standard InChI is InChI=1S/C19H25ClN2O4/c1-5-7-14-16(18(23)25-6-2)17(22-19(24)21-14)13-10-12(20)8-9-15(13)26-11(3)4/h8-11,17H,5-7H2,1-4H3,(H2,21,22,24). The first-order valence-corrected chi connectivity index (χ1v) is 9.18. The van der Waals surface area contributed by atoms with Crippen LogP contribution in [0.4, 0.5) is 4.79 Å². The highest BCUT2D eigenvalue weighted by molar-refractivity contribution is 6.30. The van der Waals surface area contributed by atoms with E-state index in [9.17, 15) is 9.59 Å². The minimum absolute atomic E-state index is 0.0718. The van der Waals surface area contributed by atoms with Crippen LogP contribution in [0.15, 0.2) is 29.5 Å². The van der Waals surface area contributed by atoms with Gasteiger partial charge in [-0.2, -0.15) is 0 Å². The Morgan fingerprint density at radius 1 is 1.31 bits per heavy atom. The highest BCUT2D eigenvalue weighted by Gasteiger charge is 2.35. The molecular weight excluding hydrogens is 356 g/mol. The molecule has 0 aliphatic carbocycles. The molecule has 7 heteroatoms. The van der Waals surface area contributed by atoms with Gasteiger partial charge in [0.15, 0.2) is 0 Å². The average Bonchev–Trinajstić information content (AvgIpc) is 2.56. The number of allylic oxidation sites excluding steroid dienone is 1. The molecule has 0 fully saturated rings. The van der Waals surface area contributed by atoms with Gasteiger partial charge < -0.3 is 20.1 Å². The number of urea groups is 1. The Bertz CT molecular complexity index is 715. The van der Waals surface area contributed by atoms with Gasteiger partial charge >= 0.3 is 12.0 Å². The van der Waals surface area contributed by atoms with E-state index in [0.717, 1.165) is 6.42 Å². The van der Waals surface area contributed by atoms with Gasteiger partial charge in [0.05, 0.1) is 24.3 Å². The van der Waals surface area contributed by atoms with E-state index in [1.165, 1.54) is 0 Å². The Hall–Kier alpha value is -2.21. The number of carbonyl (C=O) groups excluding carboxylic acids is 2. The summed E-state index contributed by atoms with van der Waals surface area (Å²) >= 11 is 6.18. The van der Waals surface area contributed by atoms with Crippen LogP contribution >= 0.6 is 11.6 Å². The lowest BCUT2D eigenvalue weighted by molar-refractivity contribution is -0.139. The van der Waals surface area contributed by atoms with Gasteiger partial charge in [-0.3, -0.25) is 0 Å². The number of carbonyl (C=O) groups is 2. The second kappa shape index (κ2) is 8.94. The molecular formula is C19H25ClN2O4. The first-order chi connectivity index (χ1) is 12.4. The maximum atomic E-state index is 12.6. The molecule has 0 bridgehead atoms. The minimum atomic E-state index is -0.697. The third-order valence-corrected chi connectivity index (χ3v) is 4.03. The maximum absolute atomic E-state index is 12.6. The summed E-state index contributed by atoms with van der Waals surface area (Å²) in [5, 5.41) is 6.03. The second-order valence-electron chi connectivity index (χ2n) is 6.24. The molecule has 0 aromatic heterocycles. The van der Waals surface area contributed by atoms with E-state index in [1.807, 2.05) is 20.8 Å². The van der Waals surface area contributed by atoms with Crippen molar-refractivity contribution in [2.75, 3.05) is 6.61 Å². The minimum Gasteiger partial charge on any atom is -0.491 e.